The molecule has 6 heteroatoms. The fourth-order valence-corrected chi connectivity index (χ4v) is 2.46. The summed E-state index contributed by atoms with van der Waals surface area (Å²) in [4.78, 5) is 22.5. The van der Waals surface area contributed by atoms with Gasteiger partial charge >= 0.3 is 12.1 Å². The molecule has 21 heavy (non-hydrogen) atoms. The molecule has 0 spiro atoms. The summed E-state index contributed by atoms with van der Waals surface area (Å²) in [6.07, 6.45) is 0.0506. The Labute approximate surface area is 128 Å². The lowest BCUT2D eigenvalue weighted by Crippen LogP contribution is -2.27. The van der Waals surface area contributed by atoms with E-state index in [1.807, 2.05) is 0 Å². The molecule has 1 aliphatic carbocycles. The van der Waals surface area contributed by atoms with Crippen LogP contribution in [0, 0.1) is 5.92 Å². The third-order valence-corrected chi connectivity index (χ3v) is 3.48. The van der Waals surface area contributed by atoms with Crippen LogP contribution in [-0.2, 0) is 9.53 Å². The van der Waals surface area contributed by atoms with Gasteiger partial charge in [-0.15, -0.1) is 0 Å². The van der Waals surface area contributed by atoms with Crippen LogP contribution in [0.4, 0.5) is 10.5 Å². The number of anilines is 1. The Kier molecular flexibility index (Phi) is 4.14. The number of halogens is 1. The Hall–Kier alpha value is -1.75. The fraction of sp³-hybridized carbons (Fsp3) is 0.467. The van der Waals surface area contributed by atoms with Crippen LogP contribution < -0.4 is 5.32 Å². The van der Waals surface area contributed by atoms with Crippen molar-refractivity contribution in [2.24, 2.45) is 5.92 Å². The molecule has 0 radical (unpaired) electrons. The second-order valence-corrected chi connectivity index (χ2v) is 6.56. The monoisotopic (exact) mass is 311 g/mol. The molecule has 1 saturated carbocycles. The average Bonchev–Trinajstić information content (AvgIpc) is 3.06. The van der Waals surface area contributed by atoms with E-state index >= 15 is 0 Å². The van der Waals surface area contributed by atoms with E-state index in [2.05, 4.69) is 5.32 Å². The Bertz CT molecular complexity index is 580. The summed E-state index contributed by atoms with van der Waals surface area (Å²) >= 11 is 6.17. The number of carbonyl (C=O) groups is 2. The molecule has 1 aliphatic rings. The van der Waals surface area contributed by atoms with Crippen LogP contribution in [0.5, 0.6) is 0 Å². The molecular weight excluding hydrogens is 294 g/mol. The number of ether oxygens (including phenoxy) is 1. The van der Waals surface area contributed by atoms with Gasteiger partial charge in [-0.2, -0.15) is 0 Å². The van der Waals surface area contributed by atoms with Gasteiger partial charge < -0.3 is 9.84 Å². The second kappa shape index (κ2) is 5.56. The minimum absolute atomic E-state index is 0.0365. The van der Waals surface area contributed by atoms with E-state index < -0.39 is 17.7 Å². The van der Waals surface area contributed by atoms with Crippen molar-refractivity contribution in [2.75, 3.05) is 5.32 Å². The molecular formula is C15H18ClNO4. The van der Waals surface area contributed by atoms with Crippen molar-refractivity contribution in [1.29, 1.82) is 0 Å². The van der Waals surface area contributed by atoms with Crippen LogP contribution in [0.2, 0.25) is 5.02 Å². The van der Waals surface area contributed by atoms with E-state index in [0.717, 1.165) is 5.56 Å². The van der Waals surface area contributed by atoms with E-state index in [0.29, 0.717) is 17.1 Å². The van der Waals surface area contributed by atoms with Gasteiger partial charge in [0.05, 0.1) is 5.92 Å². The van der Waals surface area contributed by atoms with Crippen LogP contribution >= 0.6 is 11.6 Å². The lowest BCUT2D eigenvalue weighted by atomic mass is 10.1. The van der Waals surface area contributed by atoms with Gasteiger partial charge in [0.15, 0.2) is 0 Å². The van der Waals surface area contributed by atoms with Crippen LogP contribution in [0.15, 0.2) is 18.2 Å². The molecule has 2 rings (SSSR count). The summed E-state index contributed by atoms with van der Waals surface area (Å²) in [6.45, 7) is 5.34. The Balaban J connectivity index is 2.03. The highest BCUT2D eigenvalue weighted by Gasteiger charge is 2.45. The second-order valence-electron chi connectivity index (χ2n) is 6.15. The Morgan fingerprint density at radius 1 is 1.38 bits per heavy atom. The highest BCUT2D eigenvalue weighted by Crippen LogP contribution is 2.50. The fourth-order valence-electron chi connectivity index (χ4n) is 2.14. The summed E-state index contributed by atoms with van der Waals surface area (Å²) in [5.41, 5.74) is 0.751. The first-order chi connectivity index (χ1) is 9.67. The number of nitrogens with one attached hydrogen (secondary N) is 1. The van der Waals surface area contributed by atoms with Crippen LogP contribution in [0.3, 0.4) is 0 Å². The van der Waals surface area contributed by atoms with Gasteiger partial charge in [0, 0.05) is 10.7 Å². The predicted molar refractivity (Wildman–Crippen MR) is 79.8 cm³/mol. The normalized spacial score (nSPS) is 20.8. The molecule has 1 aromatic rings. The Morgan fingerprint density at radius 2 is 2.05 bits per heavy atom. The minimum atomic E-state index is -0.799. The highest BCUT2D eigenvalue weighted by molar-refractivity contribution is 6.31. The third kappa shape index (κ3) is 4.11. The van der Waals surface area contributed by atoms with Crippen molar-refractivity contribution < 1.29 is 19.4 Å². The van der Waals surface area contributed by atoms with Gasteiger partial charge in [0.25, 0.3) is 0 Å². The average molecular weight is 312 g/mol. The summed E-state index contributed by atoms with van der Waals surface area (Å²) in [5.74, 6) is -1.19. The number of hydrogen-bond acceptors (Lipinski definition) is 3. The van der Waals surface area contributed by atoms with E-state index in [1.165, 1.54) is 0 Å². The lowest BCUT2D eigenvalue weighted by molar-refractivity contribution is -0.138. The van der Waals surface area contributed by atoms with Crippen molar-refractivity contribution in [3.05, 3.63) is 28.8 Å². The number of hydrogen-bond donors (Lipinski definition) is 2. The zero-order valence-electron chi connectivity index (χ0n) is 12.1. The predicted octanol–water partition coefficient (Wildman–Crippen LogP) is 3.88. The Morgan fingerprint density at radius 3 is 2.52 bits per heavy atom. The molecule has 1 aromatic carbocycles. The van der Waals surface area contributed by atoms with Gasteiger partial charge in [0.1, 0.15) is 5.60 Å². The summed E-state index contributed by atoms with van der Waals surface area (Å²) < 4.78 is 5.15. The molecule has 0 aliphatic heterocycles. The van der Waals surface area contributed by atoms with Crippen LogP contribution in [0.25, 0.3) is 0 Å². The van der Waals surface area contributed by atoms with Crippen LogP contribution in [-0.4, -0.2) is 22.8 Å². The molecule has 0 saturated heterocycles. The molecule has 114 valence electrons. The van der Waals surface area contributed by atoms with E-state index in [9.17, 15) is 9.59 Å². The number of carboxylic acids is 1. The molecule has 1 fully saturated rings. The SMILES string of the molecule is CC(C)(C)OC(=O)Nc1ccc(C2CC2C(=O)O)c(Cl)c1. The molecule has 2 unspecified atom stereocenters. The number of carboxylic acid groups (broad SMARTS) is 1. The first-order valence-electron chi connectivity index (χ1n) is 6.69. The molecule has 0 heterocycles. The smallest absolute Gasteiger partial charge is 0.412 e. The minimum Gasteiger partial charge on any atom is -0.481 e. The number of amides is 1. The number of carbonyl (C=O) groups excluding carboxylic acids is 1. The number of aliphatic carboxylic acids is 1. The lowest BCUT2D eigenvalue weighted by Gasteiger charge is -2.19. The van der Waals surface area contributed by atoms with Crippen molar-refractivity contribution in [3.63, 3.8) is 0 Å². The standard InChI is InChI=1S/C15H18ClNO4/c1-15(2,3)21-14(20)17-8-4-5-9(12(16)6-8)10-7-11(10)13(18)19/h4-6,10-11H,7H2,1-3H3,(H,17,20)(H,18,19). The first kappa shape index (κ1) is 15.6. The number of benzene rings is 1. The maximum absolute atomic E-state index is 11.7. The van der Waals surface area contributed by atoms with E-state index in [4.69, 9.17) is 21.4 Å². The van der Waals surface area contributed by atoms with E-state index in [1.54, 1.807) is 39.0 Å². The quantitative estimate of drug-likeness (QED) is 0.888. The first-order valence-corrected chi connectivity index (χ1v) is 7.07. The van der Waals surface area contributed by atoms with Gasteiger partial charge in [-0.05, 0) is 50.8 Å². The van der Waals surface area contributed by atoms with Gasteiger partial charge in [0.2, 0.25) is 0 Å². The summed E-state index contributed by atoms with van der Waals surface area (Å²) in [7, 11) is 0. The molecule has 0 bridgehead atoms. The third-order valence-electron chi connectivity index (χ3n) is 3.15. The van der Waals surface area contributed by atoms with Crippen molar-refractivity contribution in [1.82, 2.24) is 0 Å². The van der Waals surface area contributed by atoms with Crippen LogP contribution in [0.1, 0.15) is 38.7 Å². The van der Waals surface area contributed by atoms with E-state index in [-0.39, 0.29) is 11.8 Å². The van der Waals surface area contributed by atoms with Gasteiger partial charge in [-0.25, -0.2) is 4.79 Å². The van der Waals surface area contributed by atoms with Crippen molar-refractivity contribution >= 4 is 29.4 Å². The topological polar surface area (TPSA) is 75.6 Å². The molecule has 5 nitrogen and oxygen atoms in total. The van der Waals surface area contributed by atoms with Crippen molar-refractivity contribution in [3.8, 4) is 0 Å². The molecule has 0 aromatic heterocycles. The van der Waals surface area contributed by atoms with Gasteiger partial charge in [-0.1, -0.05) is 17.7 Å². The maximum atomic E-state index is 11.7. The summed E-state index contributed by atoms with van der Waals surface area (Å²) in [5, 5.41) is 12.0. The van der Waals surface area contributed by atoms with Crippen molar-refractivity contribution in [2.45, 2.75) is 38.7 Å². The number of rotatable bonds is 3. The zero-order chi connectivity index (χ0) is 15.8. The molecule has 2 atom stereocenters. The molecule has 2 N–H and O–H groups in total. The maximum Gasteiger partial charge on any atom is 0.412 e. The van der Waals surface area contributed by atoms with Gasteiger partial charge in [-0.3, -0.25) is 10.1 Å². The zero-order valence-corrected chi connectivity index (χ0v) is 12.9. The highest BCUT2D eigenvalue weighted by atomic mass is 35.5. The largest absolute Gasteiger partial charge is 0.481 e. The molecule has 1 amide bonds. The summed E-state index contributed by atoms with van der Waals surface area (Å²) in [6, 6.07) is 5.06.